The lowest BCUT2D eigenvalue weighted by Gasteiger charge is -2.26. The molecular weight excluding hydrogens is 516 g/mol. The van der Waals surface area contributed by atoms with Crippen LogP contribution in [0, 0.1) is 0 Å². The third kappa shape index (κ3) is 7.24. The number of thioether (sulfide) groups is 1. The molecule has 3 heterocycles. The van der Waals surface area contributed by atoms with Crippen LogP contribution in [0.3, 0.4) is 0 Å². The highest BCUT2D eigenvalue weighted by molar-refractivity contribution is 8.00. The first kappa shape index (κ1) is 28.3. The maximum absolute atomic E-state index is 13.2. The first-order valence-electron chi connectivity index (χ1n) is 13.1. The number of aromatic nitrogens is 2. The number of hydrogen-bond donors (Lipinski definition) is 0. The van der Waals surface area contributed by atoms with Crippen molar-refractivity contribution in [2.45, 2.75) is 55.0 Å². The number of benzene rings is 1. The van der Waals surface area contributed by atoms with Crippen molar-refractivity contribution in [3.63, 3.8) is 0 Å². The van der Waals surface area contributed by atoms with E-state index < -0.39 is 15.3 Å². The van der Waals surface area contributed by atoms with E-state index in [1.165, 1.54) is 16.1 Å². The smallest absolute Gasteiger partial charge is 0.319 e. The molecule has 0 unspecified atom stereocenters. The summed E-state index contributed by atoms with van der Waals surface area (Å²) < 4.78 is 46.2. The maximum atomic E-state index is 13.2. The Balaban J connectivity index is 1.56. The number of carbonyl (C=O) groups is 1. The third-order valence-electron chi connectivity index (χ3n) is 6.61. The van der Waals surface area contributed by atoms with Crippen LogP contribution in [-0.4, -0.2) is 104 Å². The Kier molecular flexibility index (Phi) is 10.2. The molecule has 12 heteroatoms. The molecular formula is C25H38N4O6S2. The number of hydrogen-bond acceptors (Lipinski definition) is 9. The minimum Gasteiger partial charge on any atom is -0.465 e. The molecule has 2 aliphatic rings. The van der Waals surface area contributed by atoms with Gasteiger partial charge < -0.3 is 18.8 Å². The van der Waals surface area contributed by atoms with Crippen LogP contribution in [0.1, 0.15) is 33.1 Å². The summed E-state index contributed by atoms with van der Waals surface area (Å²) in [5.74, 6) is -0.263. The topological polar surface area (TPSA) is 103 Å². The molecule has 2 fully saturated rings. The van der Waals surface area contributed by atoms with E-state index >= 15 is 0 Å². The van der Waals surface area contributed by atoms with Gasteiger partial charge in [-0.25, -0.2) is 13.4 Å². The molecule has 0 saturated carbocycles. The van der Waals surface area contributed by atoms with Gasteiger partial charge in [0.05, 0.1) is 49.0 Å². The number of imidazole rings is 1. The summed E-state index contributed by atoms with van der Waals surface area (Å²) >= 11 is 1.36. The van der Waals surface area contributed by atoms with Gasteiger partial charge in [0.2, 0.25) is 10.0 Å². The molecule has 1 atom stereocenters. The summed E-state index contributed by atoms with van der Waals surface area (Å²) in [6, 6.07) is 5.13. The largest absolute Gasteiger partial charge is 0.465 e. The molecule has 37 heavy (non-hydrogen) atoms. The molecule has 206 valence electrons. The summed E-state index contributed by atoms with van der Waals surface area (Å²) in [4.78, 5) is 19.9. The van der Waals surface area contributed by atoms with Gasteiger partial charge in [-0.2, -0.15) is 4.31 Å². The number of morpholine rings is 2. The molecule has 1 aromatic carbocycles. The first-order chi connectivity index (χ1) is 17.9. The van der Waals surface area contributed by atoms with Gasteiger partial charge in [0.1, 0.15) is 5.25 Å². The van der Waals surface area contributed by atoms with Gasteiger partial charge in [0.15, 0.2) is 5.16 Å². The molecule has 4 rings (SSSR count). The highest BCUT2D eigenvalue weighted by atomic mass is 32.2. The number of nitrogens with zero attached hydrogens (tertiary/aromatic N) is 4. The molecule has 1 aromatic heterocycles. The van der Waals surface area contributed by atoms with Crippen LogP contribution in [0.5, 0.6) is 0 Å². The number of fused-ring (bicyclic) bond motifs is 1. The minimum absolute atomic E-state index is 0.225. The average molecular weight is 555 g/mol. The van der Waals surface area contributed by atoms with E-state index in [0.29, 0.717) is 50.1 Å². The van der Waals surface area contributed by atoms with E-state index in [2.05, 4.69) is 16.4 Å². The molecule has 2 aliphatic heterocycles. The van der Waals surface area contributed by atoms with Gasteiger partial charge in [-0.3, -0.25) is 9.69 Å². The molecule has 10 nitrogen and oxygen atoms in total. The number of esters is 1. The SMILES string of the molecule is CCCCOC(=O)[C@H](C)Sc1nc2cc(S(=O)(=O)N3CCOCC3)ccc2n1CCCN1CCOCC1. The number of unbranched alkanes of at least 4 members (excludes halogenated alkanes) is 1. The standard InChI is InChI=1S/C25H38N4O6S2/c1-3-4-14-35-24(30)20(2)36-25-26-22-19-21(37(31,32)28-12-17-34-18-13-28)6-7-23(22)29(25)9-5-8-27-10-15-33-16-11-27/h6-7,19-20H,3-5,8-18H2,1-2H3/t20-/m0/s1. The number of ether oxygens (including phenoxy) is 3. The van der Waals surface area contributed by atoms with Crippen molar-refractivity contribution in [1.29, 1.82) is 0 Å². The van der Waals surface area contributed by atoms with E-state index in [9.17, 15) is 13.2 Å². The van der Waals surface area contributed by atoms with Crippen molar-refractivity contribution in [3.05, 3.63) is 18.2 Å². The number of aryl methyl sites for hydroxylation is 1. The maximum Gasteiger partial charge on any atom is 0.319 e. The van der Waals surface area contributed by atoms with Crippen LogP contribution < -0.4 is 0 Å². The monoisotopic (exact) mass is 554 g/mol. The second-order valence-corrected chi connectivity index (χ2v) is 12.5. The van der Waals surface area contributed by atoms with Crippen molar-refractivity contribution in [3.8, 4) is 0 Å². The predicted molar refractivity (Wildman–Crippen MR) is 142 cm³/mol. The second kappa shape index (κ2) is 13.4. The van der Waals surface area contributed by atoms with Crippen LogP contribution in [-0.2, 0) is 35.6 Å². The first-order valence-corrected chi connectivity index (χ1v) is 15.4. The highest BCUT2D eigenvalue weighted by Gasteiger charge is 2.28. The van der Waals surface area contributed by atoms with E-state index in [1.807, 2.05) is 13.0 Å². The van der Waals surface area contributed by atoms with E-state index in [1.54, 1.807) is 12.1 Å². The zero-order chi connectivity index (χ0) is 26.3. The fourth-order valence-electron chi connectivity index (χ4n) is 4.41. The summed E-state index contributed by atoms with van der Waals surface area (Å²) in [7, 11) is -3.63. The second-order valence-electron chi connectivity index (χ2n) is 9.30. The number of rotatable bonds is 12. The average Bonchev–Trinajstić information content (AvgIpc) is 3.26. The molecule has 0 amide bonds. The summed E-state index contributed by atoms with van der Waals surface area (Å²) in [5.41, 5.74) is 1.46. The molecule has 0 bridgehead atoms. The molecule has 0 spiro atoms. The van der Waals surface area contributed by atoms with E-state index in [0.717, 1.165) is 57.6 Å². The Morgan fingerprint density at radius 3 is 2.49 bits per heavy atom. The fourth-order valence-corrected chi connectivity index (χ4v) is 6.78. The van der Waals surface area contributed by atoms with Crippen molar-refractivity contribution in [2.75, 3.05) is 65.8 Å². The molecule has 2 aromatic rings. The van der Waals surface area contributed by atoms with Gasteiger partial charge >= 0.3 is 5.97 Å². The summed E-state index contributed by atoms with van der Waals surface area (Å²) in [6.07, 6.45) is 2.70. The van der Waals surface area contributed by atoms with E-state index in [-0.39, 0.29) is 10.9 Å². The molecule has 0 radical (unpaired) electrons. The normalized spacial score (nSPS) is 18.8. The van der Waals surface area contributed by atoms with Crippen molar-refractivity contribution in [1.82, 2.24) is 18.8 Å². The van der Waals surface area contributed by atoms with Crippen molar-refractivity contribution < 1.29 is 27.4 Å². The van der Waals surface area contributed by atoms with Crippen LogP contribution in [0.2, 0.25) is 0 Å². The quantitative estimate of drug-likeness (QED) is 0.222. The van der Waals surface area contributed by atoms with Gasteiger partial charge in [-0.15, -0.1) is 0 Å². The lowest BCUT2D eigenvalue weighted by atomic mass is 10.3. The van der Waals surface area contributed by atoms with Gasteiger partial charge in [-0.05, 0) is 38.0 Å². The zero-order valence-corrected chi connectivity index (χ0v) is 23.4. The fraction of sp³-hybridized carbons (Fsp3) is 0.680. The van der Waals surface area contributed by atoms with Crippen molar-refractivity contribution in [2.24, 2.45) is 0 Å². The predicted octanol–water partition coefficient (Wildman–Crippen LogP) is 2.60. The Bertz CT molecular complexity index is 1140. The lowest BCUT2D eigenvalue weighted by molar-refractivity contribution is -0.142. The van der Waals surface area contributed by atoms with Crippen LogP contribution in [0.4, 0.5) is 0 Å². The Labute approximate surface area is 223 Å². The lowest BCUT2D eigenvalue weighted by Crippen LogP contribution is -2.40. The summed E-state index contributed by atoms with van der Waals surface area (Å²) in [5, 5.41) is 0.265. The van der Waals surface area contributed by atoms with Crippen LogP contribution in [0.15, 0.2) is 28.3 Å². The van der Waals surface area contributed by atoms with E-state index in [4.69, 9.17) is 19.2 Å². The molecule has 0 aliphatic carbocycles. The highest BCUT2D eigenvalue weighted by Crippen LogP contribution is 2.30. The minimum atomic E-state index is -3.63. The van der Waals surface area contributed by atoms with Gasteiger partial charge in [0.25, 0.3) is 0 Å². The van der Waals surface area contributed by atoms with Crippen LogP contribution >= 0.6 is 11.8 Å². The summed E-state index contributed by atoms with van der Waals surface area (Å²) in [6.45, 7) is 10.8. The van der Waals surface area contributed by atoms with Gasteiger partial charge in [0, 0.05) is 39.3 Å². The Morgan fingerprint density at radius 1 is 1.08 bits per heavy atom. The Morgan fingerprint density at radius 2 is 1.78 bits per heavy atom. The van der Waals surface area contributed by atoms with Crippen LogP contribution in [0.25, 0.3) is 11.0 Å². The molecule has 0 N–H and O–H groups in total. The Hall–Kier alpha value is -1.70. The molecule has 2 saturated heterocycles. The number of carbonyl (C=O) groups excluding carboxylic acids is 1. The zero-order valence-electron chi connectivity index (χ0n) is 21.8. The van der Waals surface area contributed by atoms with Crippen molar-refractivity contribution >= 4 is 38.8 Å². The van der Waals surface area contributed by atoms with Gasteiger partial charge in [-0.1, -0.05) is 25.1 Å². The third-order valence-corrected chi connectivity index (χ3v) is 9.57. The number of sulfonamides is 1.